The number of carbonyl (C=O) groups is 1. The Balaban J connectivity index is 3.06. The van der Waals surface area contributed by atoms with Crippen molar-refractivity contribution in [1.29, 1.82) is 0 Å². The van der Waals surface area contributed by atoms with E-state index in [0.29, 0.717) is 11.4 Å². The third-order valence-corrected chi connectivity index (χ3v) is 1.94. The number of hydrogen-bond donors (Lipinski definition) is 1. The Hall–Kier alpha value is -1.64. The van der Waals surface area contributed by atoms with Crippen LogP contribution in [0.5, 0.6) is 0 Å². The summed E-state index contributed by atoms with van der Waals surface area (Å²) < 4.78 is 0. The molecule has 0 fully saturated rings. The predicted molar refractivity (Wildman–Crippen MR) is 57.1 cm³/mol. The summed E-state index contributed by atoms with van der Waals surface area (Å²) in [5.74, 6) is 0.228. The zero-order valence-corrected chi connectivity index (χ0v) is 8.45. The summed E-state index contributed by atoms with van der Waals surface area (Å²) >= 11 is 0. The number of aromatic nitrogens is 1. The molecule has 0 aliphatic rings. The number of nitrogens with two attached hydrogens (primary N) is 1. The summed E-state index contributed by atoms with van der Waals surface area (Å²) in [5, 5.41) is 0. The molecule has 3 heteroatoms. The van der Waals surface area contributed by atoms with Crippen LogP contribution in [0.15, 0.2) is 24.4 Å². The monoisotopic (exact) mass is 190 g/mol. The van der Waals surface area contributed by atoms with Crippen molar-refractivity contribution in [3.63, 3.8) is 0 Å². The van der Waals surface area contributed by atoms with Gasteiger partial charge < -0.3 is 5.73 Å². The molecule has 0 saturated heterocycles. The predicted octanol–water partition coefficient (Wildman–Crippen LogP) is 2.12. The van der Waals surface area contributed by atoms with Crippen molar-refractivity contribution in [1.82, 2.24) is 4.98 Å². The number of allylic oxidation sites excluding steroid dienone is 2. The third-order valence-electron chi connectivity index (χ3n) is 1.94. The molecule has 0 bridgehead atoms. The van der Waals surface area contributed by atoms with Crippen molar-refractivity contribution < 1.29 is 4.79 Å². The van der Waals surface area contributed by atoms with E-state index in [0.717, 1.165) is 12.0 Å². The van der Waals surface area contributed by atoms with Gasteiger partial charge in [-0.15, -0.1) is 0 Å². The molecule has 1 aromatic rings. The Kier molecular flexibility index (Phi) is 3.40. The molecule has 1 heterocycles. The quantitative estimate of drug-likeness (QED) is 0.586. The van der Waals surface area contributed by atoms with Crippen molar-refractivity contribution >= 4 is 11.6 Å². The Morgan fingerprint density at radius 3 is 2.93 bits per heavy atom. The van der Waals surface area contributed by atoms with E-state index in [-0.39, 0.29) is 5.78 Å². The van der Waals surface area contributed by atoms with Gasteiger partial charge in [0.2, 0.25) is 0 Å². The fourth-order valence-electron chi connectivity index (χ4n) is 1.21. The van der Waals surface area contributed by atoms with Gasteiger partial charge in [0.15, 0.2) is 5.78 Å². The van der Waals surface area contributed by atoms with E-state index in [1.165, 1.54) is 0 Å². The number of rotatable bonds is 3. The van der Waals surface area contributed by atoms with E-state index < -0.39 is 0 Å². The van der Waals surface area contributed by atoms with Gasteiger partial charge in [-0.25, -0.2) is 4.98 Å². The van der Waals surface area contributed by atoms with E-state index >= 15 is 0 Å². The third kappa shape index (κ3) is 2.19. The maximum atomic E-state index is 11.6. The Morgan fingerprint density at radius 1 is 1.64 bits per heavy atom. The van der Waals surface area contributed by atoms with Crippen molar-refractivity contribution in [3.05, 3.63) is 35.5 Å². The lowest BCUT2D eigenvalue weighted by Crippen LogP contribution is -2.05. The molecule has 1 aromatic heterocycles. The molecule has 0 unspecified atom stereocenters. The van der Waals surface area contributed by atoms with E-state index in [4.69, 9.17) is 5.73 Å². The maximum Gasteiger partial charge on any atom is 0.189 e. The van der Waals surface area contributed by atoms with Gasteiger partial charge in [0.25, 0.3) is 0 Å². The normalized spacial score (nSPS) is 10.7. The molecular weight excluding hydrogens is 176 g/mol. The largest absolute Gasteiger partial charge is 0.383 e. The first-order valence-electron chi connectivity index (χ1n) is 4.58. The van der Waals surface area contributed by atoms with Gasteiger partial charge in [-0.2, -0.15) is 0 Å². The lowest BCUT2D eigenvalue weighted by molar-refractivity contribution is 0.104. The minimum atomic E-state index is -0.0741. The Morgan fingerprint density at radius 2 is 2.36 bits per heavy atom. The number of aryl methyl sites for hydroxylation is 1. The molecular formula is C11H14N2O. The second-order valence-electron chi connectivity index (χ2n) is 3.06. The summed E-state index contributed by atoms with van der Waals surface area (Å²) in [6.07, 6.45) is 5.80. The molecule has 0 aliphatic heterocycles. The highest BCUT2D eigenvalue weighted by molar-refractivity contribution is 6.08. The van der Waals surface area contributed by atoms with E-state index in [1.807, 2.05) is 19.9 Å². The molecule has 3 nitrogen and oxygen atoms in total. The Labute approximate surface area is 83.7 Å². The smallest absolute Gasteiger partial charge is 0.189 e. The van der Waals surface area contributed by atoms with Crippen LogP contribution in [0, 0.1) is 6.92 Å². The number of anilines is 1. The minimum absolute atomic E-state index is 0.0741. The molecule has 1 rings (SSSR count). The molecule has 0 radical (unpaired) electrons. The highest BCUT2D eigenvalue weighted by atomic mass is 16.1. The van der Waals surface area contributed by atoms with Crippen LogP contribution in [-0.2, 0) is 0 Å². The average molecular weight is 190 g/mol. The van der Waals surface area contributed by atoms with Crippen LogP contribution in [-0.4, -0.2) is 10.8 Å². The average Bonchev–Trinajstić information content (AvgIpc) is 2.14. The molecule has 2 N–H and O–H groups in total. The fourth-order valence-corrected chi connectivity index (χ4v) is 1.21. The van der Waals surface area contributed by atoms with Gasteiger partial charge in [-0.3, -0.25) is 4.79 Å². The standard InChI is InChI=1S/C11H14N2O/c1-3-4-5-9(14)10-8(2)6-7-13-11(10)12/h4-7H,3H2,1-2H3,(H2,12,13)/b5-4+. The van der Waals surface area contributed by atoms with Gasteiger partial charge in [0, 0.05) is 6.20 Å². The zero-order valence-electron chi connectivity index (χ0n) is 8.45. The van der Waals surface area contributed by atoms with Crippen LogP contribution in [0.4, 0.5) is 5.82 Å². The molecule has 0 aromatic carbocycles. The van der Waals surface area contributed by atoms with Gasteiger partial charge in [0.05, 0.1) is 5.56 Å². The number of ketones is 1. The second-order valence-corrected chi connectivity index (χ2v) is 3.06. The molecule has 0 spiro atoms. The van der Waals surface area contributed by atoms with Crippen LogP contribution in [0.2, 0.25) is 0 Å². The van der Waals surface area contributed by atoms with Crippen LogP contribution in [0.1, 0.15) is 29.3 Å². The van der Waals surface area contributed by atoms with Gasteiger partial charge in [-0.05, 0) is 31.1 Å². The van der Waals surface area contributed by atoms with E-state index in [1.54, 1.807) is 18.3 Å². The number of nitrogens with zero attached hydrogens (tertiary/aromatic N) is 1. The summed E-state index contributed by atoms with van der Waals surface area (Å²) in [5.41, 5.74) is 7.00. The lowest BCUT2D eigenvalue weighted by atomic mass is 10.1. The number of carbonyl (C=O) groups excluding carboxylic acids is 1. The number of nitrogen functional groups attached to an aromatic ring is 1. The molecule has 0 saturated carbocycles. The number of pyridine rings is 1. The van der Waals surface area contributed by atoms with Crippen molar-refractivity contribution in [3.8, 4) is 0 Å². The highest BCUT2D eigenvalue weighted by Crippen LogP contribution is 2.14. The molecule has 0 aliphatic carbocycles. The molecule has 74 valence electrons. The number of hydrogen-bond acceptors (Lipinski definition) is 3. The van der Waals surface area contributed by atoms with E-state index in [2.05, 4.69) is 4.98 Å². The van der Waals surface area contributed by atoms with Crippen molar-refractivity contribution in [2.45, 2.75) is 20.3 Å². The van der Waals surface area contributed by atoms with E-state index in [9.17, 15) is 4.79 Å². The molecule has 14 heavy (non-hydrogen) atoms. The second kappa shape index (κ2) is 4.56. The lowest BCUT2D eigenvalue weighted by Gasteiger charge is -2.03. The zero-order chi connectivity index (χ0) is 10.6. The SMILES string of the molecule is CC/C=C/C(=O)c1c(C)ccnc1N. The van der Waals surface area contributed by atoms with Gasteiger partial charge in [0.1, 0.15) is 5.82 Å². The first kappa shape index (κ1) is 10.4. The van der Waals surface area contributed by atoms with Gasteiger partial charge in [-0.1, -0.05) is 13.0 Å². The summed E-state index contributed by atoms with van der Waals surface area (Å²) in [6, 6.07) is 1.78. The van der Waals surface area contributed by atoms with Crippen LogP contribution >= 0.6 is 0 Å². The van der Waals surface area contributed by atoms with Crippen molar-refractivity contribution in [2.24, 2.45) is 0 Å². The molecule has 0 amide bonds. The topological polar surface area (TPSA) is 56.0 Å². The summed E-state index contributed by atoms with van der Waals surface area (Å²) in [4.78, 5) is 15.5. The van der Waals surface area contributed by atoms with Crippen molar-refractivity contribution in [2.75, 3.05) is 5.73 Å². The summed E-state index contributed by atoms with van der Waals surface area (Å²) in [6.45, 7) is 3.83. The minimum Gasteiger partial charge on any atom is -0.383 e. The van der Waals surface area contributed by atoms with Crippen LogP contribution in [0.25, 0.3) is 0 Å². The first-order valence-corrected chi connectivity index (χ1v) is 4.58. The fraction of sp³-hybridized carbons (Fsp3) is 0.273. The van der Waals surface area contributed by atoms with Gasteiger partial charge >= 0.3 is 0 Å². The van der Waals surface area contributed by atoms with Crippen LogP contribution < -0.4 is 5.73 Å². The molecule has 0 atom stereocenters. The highest BCUT2D eigenvalue weighted by Gasteiger charge is 2.09. The Bertz CT molecular complexity index is 349. The summed E-state index contributed by atoms with van der Waals surface area (Å²) in [7, 11) is 0. The maximum absolute atomic E-state index is 11.6. The first-order chi connectivity index (χ1) is 6.66. The van der Waals surface area contributed by atoms with Crippen LogP contribution in [0.3, 0.4) is 0 Å².